The second kappa shape index (κ2) is 6.58. The van der Waals surface area contributed by atoms with Gasteiger partial charge in [0.15, 0.2) is 5.15 Å². The normalized spacial score (nSPS) is 10.4. The van der Waals surface area contributed by atoms with Gasteiger partial charge in [0.2, 0.25) is 5.91 Å². The zero-order valence-corrected chi connectivity index (χ0v) is 11.8. The van der Waals surface area contributed by atoms with E-state index in [1.54, 1.807) is 36.4 Å². The molecule has 100 valence electrons. The summed E-state index contributed by atoms with van der Waals surface area (Å²) < 4.78 is 5.19. The molecule has 19 heavy (non-hydrogen) atoms. The Balaban J connectivity index is 1.82. The summed E-state index contributed by atoms with van der Waals surface area (Å²) in [6.07, 6.45) is 1.59. The molecular formula is C12H12ClN3O2S. The first-order valence-corrected chi connectivity index (χ1v) is 6.90. The van der Waals surface area contributed by atoms with Crippen LogP contribution in [0.5, 0.6) is 0 Å². The lowest BCUT2D eigenvalue weighted by atomic mass is 10.4. The first-order valence-electron chi connectivity index (χ1n) is 5.53. The Bertz CT molecular complexity index is 530. The fraction of sp³-hybridized carbons (Fsp3) is 0.250. The molecular weight excluding hydrogens is 286 g/mol. The SMILES string of the molecule is CN(Cc1ccco1)C(=O)CSc1ccc(Cl)nn1. The molecule has 1 amide bonds. The number of amides is 1. The molecule has 0 radical (unpaired) electrons. The fourth-order valence-corrected chi connectivity index (χ4v) is 2.21. The van der Waals surface area contributed by atoms with E-state index in [4.69, 9.17) is 16.0 Å². The average molecular weight is 298 g/mol. The highest BCUT2D eigenvalue weighted by Crippen LogP contribution is 2.16. The summed E-state index contributed by atoms with van der Waals surface area (Å²) in [6.45, 7) is 0.457. The molecule has 0 fully saturated rings. The first kappa shape index (κ1) is 13.9. The van der Waals surface area contributed by atoms with Crippen LogP contribution in [0.15, 0.2) is 40.0 Å². The number of nitrogens with zero attached hydrogens (tertiary/aromatic N) is 3. The zero-order chi connectivity index (χ0) is 13.7. The molecule has 0 aliphatic heterocycles. The number of hydrogen-bond acceptors (Lipinski definition) is 5. The van der Waals surface area contributed by atoms with E-state index in [9.17, 15) is 4.79 Å². The molecule has 2 heterocycles. The Morgan fingerprint density at radius 3 is 2.89 bits per heavy atom. The highest BCUT2D eigenvalue weighted by atomic mass is 35.5. The van der Waals surface area contributed by atoms with Gasteiger partial charge in [-0.15, -0.1) is 10.2 Å². The zero-order valence-electron chi connectivity index (χ0n) is 10.2. The highest BCUT2D eigenvalue weighted by molar-refractivity contribution is 7.99. The minimum atomic E-state index is -0.00171. The van der Waals surface area contributed by atoms with Crippen molar-refractivity contribution in [3.63, 3.8) is 0 Å². The Kier molecular flexibility index (Phi) is 4.81. The van der Waals surface area contributed by atoms with Gasteiger partial charge in [-0.3, -0.25) is 4.79 Å². The number of thioether (sulfide) groups is 1. The van der Waals surface area contributed by atoms with E-state index in [1.807, 2.05) is 6.07 Å². The van der Waals surface area contributed by atoms with Crippen LogP contribution in [0.2, 0.25) is 5.15 Å². The lowest BCUT2D eigenvalue weighted by Gasteiger charge is -2.15. The van der Waals surface area contributed by atoms with E-state index >= 15 is 0 Å². The number of hydrogen-bond donors (Lipinski definition) is 0. The third kappa shape index (κ3) is 4.25. The number of carbonyl (C=O) groups excluding carboxylic acids is 1. The molecule has 0 saturated heterocycles. The van der Waals surface area contributed by atoms with Crippen LogP contribution >= 0.6 is 23.4 Å². The van der Waals surface area contributed by atoms with Crippen molar-refractivity contribution in [1.29, 1.82) is 0 Å². The minimum Gasteiger partial charge on any atom is -0.467 e. The van der Waals surface area contributed by atoms with Crippen LogP contribution in [0.25, 0.3) is 0 Å². The summed E-state index contributed by atoms with van der Waals surface area (Å²) in [7, 11) is 1.74. The summed E-state index contributed by atoms with van der Waals surface area (Å²) in [5.74, 6) is 1.05. The fourth-order valence-electron chi connectivity index (χ4n) is 1.35. The summed E-state index contributed by atoms with van der Waals surface area (Å²) >= 11 is 6.96. The number of halogens is 1. The third-order valence-corrected chi connectivity index (χ3v) is 3.46. The molecule has 2 aromatic heterocycles. The van der Waals surface area contributed by atoms with Gasteiger partial charge in [0, 0.05) is 7.05 Å². The predicted molar refractivity (Wildman–Crippen MR) is 72.9 cm³/mol. The predicted octanol–water partition coefficient (Wildman–Crippen LogP) is 2.47. The Morgan fingerprint density at radius 2 is 2.26 bits per heavy atom. The summed E-state index contributed by atoms with van der Waals surface area (Å²) in [4.78, 5) is 13.5. The van der Waals surface area contributed by atoms with Crippen LogP contribution in [0.4, 0.5) is 0 Å². The lowest BCUT2D eigenvalue weighted by molar-refractivity contribution is -0.127. The smallest absolute Gasteiger partial charge is 0.233 e. The van der Waals surface area contributed by atoms with E-state index in [0.29, 0.717) is 22.5 Å². The minimum absolute atomic E-state index is 0.00171. The molecule has 7 heteroatoms. The van der Waals surface area contributed by atoms with Crippen molar-refractivity contribution in [2.75, 3.05) is 12.8 Å². The average Bonchev–Trinajstić information content (AvgIpc) is 2.90. The van der Waals surface area contributed by atoms with Crippen molar-refractivity contribution in [2.24, 2.45) is 0 Å². The van der Waals surface area contributed by atoms with Gasteiger partial charge in [0.1, 0.15) is 10.8 Å². The maximum Gasteiger partial charge on any atom is 0.233 e. The standard InChI is InChI=1S/C12H12ClN3O2S/c1-16(7-9-3-2-6-18-9)12(17)8-19-11-5-4-10(13)14-15-11/h2-6H,7-8H2,1H3. The largest absolute Gasteiger partial charge is 0.467 e. The lowest BCUT2D eigenvalue weighted by Crippen LogP contribution is -2.27. The van der Waals surface area contributed by atoms with E-state index in [2.05, 4.69) is 10.2 Å². The first-order chi connectivity index (χ1) is 9.15. The molecule has 0 atom stereocenters. The van der Waals surface area contributed by atoms with Crippen LogP contribution in [-0.2, 0) is 11.3 Å². The van der Waals surface area contributed by atoms with Gasteiger partial charge in [-0.05, 0) is 24.3 Å². The topological polar surface area (TPSA) is 59.2 Å². The Hall–Kier alpha value is -1.53. The molecule has 0 unspecified atom stereocenters. The maximum absolute atomic E-state index is 11.9. The Labute approximate surface area is 119 Å². The number of furan rings is 1. The second-order valence-corrected chi connectivity index (χ2v) is 5.20. The van der Waals surface area contributed by atoms with Gasteiger partial charge in [-0.25, -0.2) is 0 Å². The molecule has 0 aromatic carbocycles. The van der Waals surface area contributed by atoms with Crippen molar-refractivity contribution in [2.45, 2.75) is 11.6 Å². The van der Waals surface area contributed by atoms with Gasteiger partial charge in [-0.2, -0.15) is 0 Å². The monoisotopic (exact) mass is 297 g/mol. The van der Waals surface area contributed by atoms with Crippen molar-refractivity contribution >= 4 is 29.3 Å². The van der Waals surface area contributed by atoms with Crippen molar-refractivity contribution in [3.05, 3.63) is 41.4 Å². The highest BCUT2D eigenvalue weighted by Gasteiger charge is 2.11. The molecule has 0 N–H and O–H groups in total. The Morgan fingerprint density at radius 1 is 1.42 bits per heavy atom. The molecule has 5 nitrogen and oxygen atoms in total. The van der Waals surface area contributed by atoms with Crippen molar-refractivity contribution < 1.29 is 9.21 Å². The van der Waals surface area contributed by atoms with Crippen LogP contribution in [0.1, 0.15) is 5.76 Å². The van der Waals surface area contributed by atoms with Gasteiger partial charge in [0.25, 0.3) is 0 Å². The molecule has 0 aliphatic carbocycles. The van der Waals surface area contributed by atoms with Gasteiger partial charge in [-0.1, -0.05) is 23.4 Å². The van der Waals surface area contributed by atoms with Crippen LogP contribution in [0, 0.1) is 0 Å². The van der Waals surface area contributed by atoms with E-state index in [-0.39, 0.29) is 5.91 Å². The van der Waals surface area contributed by atoms with Crippen molar-refractivity contribution in [3.8, 4) is 0 Å². The summed E-state index contributed by atoms with van der Waals surface area (Å²) in [5.41, 5.74) is 0. The van der Waals surface area contributed by atoms with Crippen LogP contribution in [0.3, 0.4) is 0 Å². The van der Waals surface area contributed by atoms with Gasteiger partial charge < -0.3 is 9.32 Å². The molecule has 0 saturated carbocycles. The molecule has 2 aromatic rings. The quantitative estimate of drug-likeness (QED) is 0.794. The number of rotatable bonds is 5. The molecule has 0 bridgehead atoms. The maximum atomic E-state index is 11.9. The molecule has 2 rings (SSSR count). The van der Waals surface area contributed by atoms with Crippen LogP contribution < -0.4 is 0 Å². The van der Waals surface area contributed by atoms with E-state index < -0.39 is 0 Å². The van der Waals surface area contributed by atoms with Crippen LogP contribution in [-0.4, -0.2) is 33.8 Å². The van der Waals surface area contributed by atoms with Crippen molar-refractivity contribution in [1.82, 2.24) is 15.1 Å². The number of aromatic nitrogens is 2. The number of carbonyl (C=O) groups is 1. The summed E-state index contributed by atoms with van der Waals surface area (Å²) in [5, 5.41) is 8.60. The third-order valence-electron chi connectivity index (χ3n) is 2.35. The molecule has 0 spiro atoms. The van der Waals surface area contributed by atoms with Gasteiger partial charge >= 0.3 is 0 Å². The second-order valence-electron chi connectivity index (χ2n) is 3.81. The van der Waals surface area contributed by atoms with E-state index in [0.717, 1.165) is 5.76 Å². The molecule has 0 aliphatic rings. The van der Waals surface area contributed by atoms with Gasteiger partial charge in [0.05, 0.1) is 18.6 Å². The summed E-state index contributed by atoms with van der Waals surface area (Å²) in [6, 6.07) is 7.01. The van der Waals surface area contributed by atoms with E-state index in [1.165, 1.54) is 11.8 Å².